The maximum Gasteiger partial charge on any atom is 0.244 e. The fraction of sp³-hybridized carbons (Fsp3) is 0.500. The molecular formula is C10H16N4O. The molecule has 0 spiro atoms. The van der Waals surface area contributed by atoms with Crippen molar-refractivity contribution in [2.75, 3.05) is 19.4 Å². The Labute approximate surface area is 89.5 Å². The first kappa shape index (κ1) is 11.4. The number of hydrogen-bond acceptors (Lipinski definition) is 4. The van der Waals surface area contributed by atoms with Gasteiger partial charge in [0.2, 0.25) is 5.91 Å². The van der Waals surface area contributed by atoms with Crippen LogP contribution >= 0.6 is 0 Å². The molecule has 1 aromatic rings. The zero-order valence-corrected chi connectivity index (χ0v) is 9.48. The lowest BCUT2D eigenvalue weighted by molar-refractivity contribution is -0.129. The Morgan fingerprint density at radius 1 is 1.47 bits per heavy atom. The molecule has 82 valence electrons. The van der Waals surface area contributed by atoms with Gasteiger partial charge in [-0.15, -0.1) is 0 Å². The molecule has 0 bridgehead atoms. The van der Waals surface area contributed by atoms with E-state index in [1.165, 1.54) is 6.33 Å². The van der Waals surface area contributed by atoms with E-state index in [-0.39, 0.29) is 11.9 Å². The van der Waals surface area contributed by atoms with Gasteiger partial charge in [0.1, 0.15) is 18.2 Å². The van der Waals surface area contributed by atoms with Crippen LogP contribution < -0.4 is 5.32 Å². The van der Waals surface area contributed by atoms with Crippen LogP contribution in [0.2, 0.25) is 0 Å². The van der Waals surface area contributed by atoms with E-state index < -0.39 is 0 Å². The highest BCUT2D eigenvalue weighted by molar-refractivity contribution is 5.83. The minimum atomic E-state index is -0.283. The van der Waals surface area contributed by atoms with Crippen LogP contribution in [0.3, 0.4) is 0 Å². The Balaban J connectivity index is 2.66. The van der Waals surface area contributed by atoms with Crippen molar-refractivity contribution in [1.82, 2.24) is 14.9 Å². The van der Waals surface area contributed by atoms with Crippen LogP contribution in [0.5, 0.6) is 0 Å². The van der Waals surface area contributed by atoms with Gasteiger partial charge in [0.15, 0.2) is 0 Å². The molecule has 1 rings (SSSR count). The van der Waals surface area contributed by atoms with Crippen molar-refractivity contribution in [1.29, 1.82) is 0 Å². The number of rotatable bonds is 3. The van der Waals surface area contributed by atoms with E-state index in [1.54, 1.807) is 32.0 Å². The standard InChI is InChI=1S/C10H16N4O/c1-7-5-9(12-6-11-7)13-8(2)10(15)14(3)4/h5-6,8H,1-4H3,(H,11,12,13)/t8-/m0/s1. The molecule has 0 aromatic carbocycles. The largest absolute Gasteiger partial charge is 0.359 e. The van der Waals surface area contributed by atoms with Gasteiger partial charge in [-0.3, -0.25) is 4.79 Å². The molecule has 15 heavy (non-hydrogen) atoms. The molecule has 0 unspecified atom stereocenters. The topological polar surface area (TPSA) is 58.1 Å². The lowest BCUT2D eigenvalue weighted by Crippen LogP contribution is -2.36. The van der Waals surface area contributed by atoms with Crippen LogP contribution in [0, 0.1) is 6.92 Å². The lowest BCUT2D eigenvalue weighted by Gasteiger charge is -2.18. The Morgan fingerprint density at radius 2 is 2.13 bits per heavy atom. The van der Waals surface area contributed by atoms with E-state index in [0.29, 0.717) is 5.82 Å². The summed E-state index contributed by atoms with van der Waals surface area (Å²) in [6, 6.07) is 1.52. The van der Waals surface area contributed by atoms with Crippen LogP contribution in [0.15, 0.2) is 12.4 Å². The first-order chi connectivity index (χ1) is 7.00. The molecule has 1 heterocycles. The molecule has 0 radical (unpaired) electrons. The molecule has 1 atom stereocenters. The average Bonchev–Trinajstić information content (AvgIpc) is 2.16. The summed E-state index contributed by atoms with van der Waals surface area (Å²) in [6.07, 6.45) is 1.48. The SMILES string of the molecule is Cc1cc(N[C@@H](C)C(=O)N(C)C)ncn1. The molecule has 5 nitrogen and oxygen atoms in total. The number of hydrogen-bond donors (Lipinski definition) is 1. The zero-order valence-electron chi connectivity index (χ0n) is 9.48. The average molecular weight is 208 g/mol. The fourth-order valence-electron chi connectivity index (χ4n) is 1.20. The van der Waals surface area contributed by atoms with E-state index in [2.05, 4.69) is 15.3 Å². The van der Waals surface area contributed by atoms with Crippen molar-refractivity contribution in [3.8, 4) is 0 Å². The van der Waals surface area contributed by atoms with E-state index in [0.717, 1.165) is 5.69 Å². The minimum absolute atomic E-state index is 0.0197. The monoisotopic (exact) mass is 208 g/mol. The Hall–Kier alpha value is -1.65. The molecule has 5 heteroatoms. The van der Waals surface area contributed by atoms with Gasteiger partial charge in [-0.25, -0.2) is 9.97 Å². The van der Waals surface area contributed by atoms with E-state index in [1.807, 2.05) is 6.92 Å². The molecule has 1 N–H and O–H groups in total. The molecular weight excluding hydrogens is 192 g/mol. The van der Waals surface area contributed by atoms with E-state index >= 15 is 0 Å². The highest BCUT2D eigenvalue weighted by Gasteiger charge is 2.14. The zero-order chi connectivity index (χ0) is 11.4. The van der Waals surface area contributed by atoms with Crippen LogP contribution in [0.1, 0.15) is 12.6 Å². The third kappa shape index (κ3) is 3.19. The van der Waals surface area contributed by atoms with Gasteiger partial charge in [0, 0.05) is 25.9 Å². The fourth-order valence-corrected chi connectivity index (χ4v) is 1.20. The molecule has 0 fully saturated rings. The number of anilines is 1. The van der Waals surface area contributed by atoms with Crippen molar-refractivity contribution in [3.05, 3.63) is 18.1 Å². The van der Waals surface area contributed by atoms with Crippen LogP contribution in [-0.2, 0) is 4.79 Å². The van der Waals surface area contributed by atoms with Gasteiger partial charge in [-0.1, -0.05) is 0 Å². The van der Waals surface area contributed by atoms with Crippen LogP contribution in [0.25, 0.3) is 0 Å². The number of carbonyl (C=O) groups excluding carboxylic acids is 1. The van der Waals surface area contributed by atoms with Gasteiger partial charge in [-0.05, 0) is 13.8 Å². The molecule has 1 amide bonds. The molecule has 0 saturated heterocycles. The second-order valence-corrected chi connectivity index (χ2v) is 3.64. The quantitative estimate of drug-likeness (QED) is 0.793. The van der Waals surface area contributed by atoms with Gasteiger partial charge in [0.05, 0.1) is 0 Å². The summed E-state index contributed by atoms with van der Waals surface area (Å²) < 4.78 is 0. The number of carbonyl (C=O) groups is 1. The second-order valence-electron chi connectivity index (χ2n) is 3.64. The summed E-state index contributed by atoms with van der Waals surface area (Å²) >= 11 is 0. The van der Waals surface area contributed by atoms with Crippen LogP contribution in [-0.4, -0.2) is 40.9 Å². The highest BCUT2D eigenvalue weighted by Crippen LogP contribution is 2.05. The predicted molar refractivity (Wildman–Crippen MR) is 58.5 cm³/mol. The number of nitrogens with zero attached hydrogens (tertiary/aromatic N) is 3. The summed E-state index contributed by atoms with van der Waals surface area (Å²) in [4.78, 5) is 21.1. The first-order valence-electron chi connectivity index (χ1n) is 4.77. The van der Waals surface area contributed by atoms with Gasteiger partial charge < -0.3 is 10.2 Å². The van der Waals surface area contributed by atoms with Crippen molar-refractivity contribution in [2.24, 2.45) is 0 Å². The van der Waals surface area contributed by atoms with Gasteiger partial charge in [-0.2, -0.15) is 0 Å². The molecule has 0 aliphatic carbocycles. The van der Waals surface area contributed by atoms with Crippen molar-refractivity contribution in [3.63, 3.8) is 0 Å². The van der Waals surface area contributed by atoms with Gasteiger partial charge >= 0.3 is 0 Å². The number of likely N-dealkylation sites (N-methyl/N-ethyl adjacent to an activating group) is 1. The summed E-state index contributed by atoms with van der Waals surface area (Å²) in [5.41, 5.74) is 0.872. The third-order valence-corrected chi connectivity index (χ3v) is 1.98. The van der Waals surface area contributed by atoms with E-state index in [9.17, 15) is 4.79 Å². The Bertz CT molecular complexity index is 351. The molecule has 1 aromatic heterocycles. The second kappa shape index (κ2) is 4.72. The lowest BCUT2D eigenvalue weighted by atomic mass is 10.3. The summed E-state index contributed by atoms with van der Waals surface area (Å²) in [6.45, 7) is 3.69. The van der Waals surface area contributed by atoms with E-state index in [4.69, 9.17) is 0 Å². The van der Waals surface area contributed by atoms with Gasteiger partial charge in [0.25, 0.3) is 0 Å². The molecule has 0 saturated carbocycles. The molecule has 0 aliphatic heterocycles. The maximum absolute atomic E-state index is 11.6. The normalized spacial score (nSPS) is 12.0. The maximum atomic E-state index is 11.6. The number of aromatic nitrogens is 2. The van der Waals surface area contributed by atoms with Crippen molar-refractivity contribution < 1.29 is 4.79 Å². The highest BCUT2D eigenvalue weighted by atomic mass is 16.2. The minimum Gasteiger partial charge on any atom is -0.359 e. The summed E-state index contributed by atoms with van der Waals surface area (Å²) in [5.74, 6) is 0.691. The number of nitrogens with one attached hydrogen (secondary N) is 1. The summed E-state index contributed by atoms with van der Waals surface area (Å²) in [7, 11) is 3.46. The predicted octanol–water partition coefficient (Wildman–Crippen LogP) is 0.674. The third-order valence-electron chi connectivity index (χ3n) is 1.98. The van der Waals surface area contributed by atoms with Crippen molar-refractivity contribution >= 4 is 11.7 Å². The Morgan fingerprint density at radius 3 is 2.67 bits per heavy atom. The number of aryl methyl sites for hydroxylation is 1. The number of amides is 1. The Kier molecular flexibility index (Phi) is 3.60. The van der Waals surface area contributed by atoms with Crippen molar-refractivity contribution in [2.45, 2.75) is 19.9 Å². The van der Waals surface area contributed by atoms with Crippen LogP contribution in [0.4, 0.5) is 5.82 Å². The smallest absolute Gasteiger partial charge is 0.244 e. The summed E-state index contributed by atoms with van der Waals surface area (Å²) in [5, 5.41) is 3.02. The first-order valence-corrected chi connectivity index (χ1v) is 4.77. The molecule has 0 aliphatic rings.